The van der Waals surface area contributed by atoms with Crippen LogP contribution in [0.2, 0.25) is 6.04 Å². The number of unbranched alkanes of at least 4 members (excludes halogenated alkanes) is 15. The molecule has 0 aliphatic heterocycles. The van der Waals surface area contributed by atoms with Gasteiger partial charge in [-0.3, -0.25) is 0 Å². The fourth-order valence-corrected chi connectivity index (χ4v) is 4.77. The van der Waals surface area contributed by atoms with Gasteiger partial charge in [0.15, 0.2) is 0 Å². The summed E-state index contributed by atoms with van der Waals surface area (Å²) in [6, 6.07) is -1.54. The van der Waals surface area contributed by atoms with Gasteiger partial charge >= 0.3 is 6.00 Å². The van der Waals surface area contributed by atoms with Gasteiger partial charge in [-0.15, -0.1) is 33.2 Å². The first-order valence-corrected chi connectivity index (χ1v) is 15.0. The summed E-state index contributed by atoms with van der Waals surface area (Å²) in [5.74, 6) is 0. The minimum atomic E-state index is -2.36. The summed E-state index contributed by atoms with van der Waals surface area (Å²) in [6.07, 6.45) is 20.9. The van der Waals surface area contributed by atoms with Gasteiger partial charge in [0.2, 0.25) is 0 Å². The summed E-state index contributed by atoms with van der Waals surface area (Å²) >= 11 is 17.6. The molecule has 0 atom stereocenters. The molecule has 0 bridgehead atoms. The van der Waals surface area contributed by atoms with E-state index in [-0.39, 0.29) is 0 Å². The molecular formula is C18H37Cl3OSi. The molecule has 0 saturated heterocycles. The van der Waals surface area contributed by atoms with Crippen LogP contribution in [-0.2, 0) is 0 Å². The highest BCUT2D eigenvalue weighted by atomic mass is 35.8. The fourth-order valence-electron chi connectivity index (χ4n) is 2.91. The highest BCUT2D eigenvalue weighted by Crippen LogP contribution is 2.27. The third-order valence-electron chi connectivity index (χ3n) is 4.37. The summed E-state index contributed by atoms with van der Waals surface area (Å²) in [5.41, 5.74) is 0. The number of halogens is 3. The summed E-state index contributed by atoms with van der Waals surface area (Å²) in [5, 5.41) is 8.70. The Hall–Kier alpha value is 1.05. The lowest BCUT2D eigenvalue weighted by molar-refractivity contribution is 0.282. The molecule has 0 amide bonds. The van der Waals surface area contributed by atoms with Crippen LogP contribution >= 0.6 is 33.2 Å². The maximum Gasteiger partial charge on any atom is 0.341 e. The summed E-state index contributed by atoms with van der Waals surface area (Å²) in [6.45, 7) is 0.358. The first-order chi connectivity index (χ1) is 11.1. The van der Waals surface area contributed by atoms with Crippen molar-refractivity contribution in [1.82, 2.24) is 0 Å². The van der Waals surface area contributed by atoms with E-state index in [0.717, 1.165) is 18.9 Å². The molecule has 0 fully saturated rings. The highest BCUT2D eigenvalue weighted by Gasteiger charge is 2.23. The van der Waals surface area contributed by atoms with Gasteiger partial charge in [-0.25, -0.2) is 0 Å². The van der Waals surface area contributed by atoms with Gasteiger partial charge in [-0.1, -0.05) is 96.3 Å². The predicted octanol–water partition coefficient (Wildman–Crippen LogP) is 7.88. The minimum Gasteiger partial charge on any atom is -0.396 e. The van der Waals surface area contributed by atoms with Crippen molar-refractivity contribution in [2.24, 2.45) is 0 Å². The van der Waals surface area contributed by atoms with Crippen molar-refractivity contribution in [3.05, 3.63) is 0 Å². The van der Waals surface area contributed by atoms with Gasteiger partial charge < -0.3 is 5.11 Å². The number of hydrogen-bond donors (Lipinski definition) is 1. The van der Waals surface area contributed by atoms with Gasteiger partial charge in [-0.2, -0.15) is 0 Å². The lowest BCUT2D eigenvalue weighted by atomic mass is 10.0. The SMILES string of the molecule is OCCCCCCCCCCCCCCCCCC[Si](Cl)(Cl)Cl. The van der Waals surface area contributed by atoms with E-state index < -0.39 is 6.00 Å². The second-order valence-electron chi connectivity index (χ2n) is 6.75. The molecule has 5 heteroatoms. The van der Waals surface area contributed by atoms with Crippen molar-refractivity contribution in [2.45, 2.75) is 109 Å². The van der Waals surface area contributed by atoms with Gasteiger partial charge in [-0.05, 0) is 12.5 Å². The topological polar surface area (TPSA) is 20.2 Å². The number of rotatable bonds is 18. The van der Waals surface area contributed by atoms with Crippen molar-refractivity contribution in [2.75, 3.05) is 6.61 Å². The van der Waals surface area contributed by atoms with Crippen LogP contribution < -0.4 is 0 Å². The second kappa shape index (κ2) is 17.9. The Morgan fingerprint density at radius 1 is 0.435 bits per heavy atom. The molecule has 0 radical (unpaired) electrons. The van der Waals surface area contributed by atoms with E-state index in [9.17, 15) is 0 Å². The second-order valence-corrected chi connectivity index (χ2v) is 16.0. The van der Waals surface area contributed by atoms with Gasteiger partial charge in [0.05, 0.1) is 0 Å². The van der Waals surface area contributed by atoms with Crippen LogP contribution in [0.5, 0.6) is 0 Å². The maximum absolute atomic E-state index is 8.70. The van der Waals surface area contributed by atoms with Crippen molar-refractivity contribution < 1.29 is 5.11 Å². The first kappa shape index (κ1) is 24.0. The van der Waals surface area contributed by atoms with Gasteiger partial charge in [0, 0.05) is 6.61 Å². The van der Waals surface area contributed by atoms with E-state index in [1.165, 1.54) is 89.9 Å². The Morgan fingerprint density at radius 3 is 0.957 bits per heavy atom. The van der Waals surface area contributed by atoms with E-state index in [1.807, 2.05) is 0 Å². The zero-order valence-electron chi connectivity index (χ0n) is 14.8. The zero-order chi connectivity index (χ0) is 17.2. The molecule has 0 spiro atoms. The monoisotopic (exact) mass is 402 g/mol. The normalized spacial score (nSPS) is 12.0. The Bertz CT molecular complexity index is 235. The molecule has 23 heavy (non-hydrogen) atoms. The molecule has 0 aromatic rings. The van der Waals surface area contributed by atoms with Crippen LogP contribution in [0.1, 0.15) is 103 Å². The Balaban J connectivity index is 3.00. The average molecular weight is 404 g/mol. The van der Waals surface area contributed by atoms with Crippen molar-refractivity contribution in [3.63, 3.8) is 0 Å². The standard InChI is InChI=1S/C18H37Cl3OSi/c19-23(20,21)18-16-14-12-10-8-6-4-2-1-3-5-7-9-11-13-15-17-22/h22H,1-18H2. The summed E-state index contributed by atoms with van der Waals surface area (Å²) in [7, 11) is 0. The molecule has 1 N–H and O–H groups in total. The fraction of sp³-hybridized carbons (Fsp3) is 1.00. The van der Waals surface area contributed by atoms with Crippen molar-refractivity contribution in [1.29, 1.82) is 0 Å². The van der Waals surface area contributed by atoms with E-state index in [0.29, 0.717) is 6.61 Å². The lowest BCUT2D eigenvalue weighted by Gasteiger charge is -2.07. The maximum atomic E-state index is 8.70. The van der Waals surface area contributed by atoms with Crippen LogP contribution in [0.15, 0.2) is 0 Å². The van der Waals surface area contributed by atoms with E-state index >= 15 is 0 Å². The van der Waals surface area contributed by atoms with E-state index in [2.05, 4.69) is 0 Å². The van der Waals surface area contributed by atoms with Gasteiger partial charge in [0.1, 0.15) is 0 Å². The smallest absolute Gasteiger partial charge is 0.341 e. The molecule has 0 aliphatic carbocycles. The van der Waals surface area contributed by atoms with Crippen LogP contribution in [0.3, 0.4) is 0 Å². The van der Waals surface area contributed by atoms with E-state index in [4.69, 9.17) is 38.3 Å². The molecule has 0 heterocycles. The van der Waals surface area contributed by atoms with Crippen LogP contribution in [0.25, 0.3) is 0 Å². The van der Waals surface area contributed by atoms with Crippen molar-refractivity contribution in [3.8, 4) is 0 Å². The number of aliphatic hydroxyl groups excluding tert-OH is 1. The molecule has 0 saturated carbocycles. The molecule has 0 aromatic heterocycles. The third-order valence-corrected chi connectivity index (χ3v) is 6.99. The largest absolute Gasteiger partial charge is 0.396 e. The van der Waals surface area contributed by atoms with Crippen LogP contribution in [0.4, 0.5) is 0 Å². The van der Waals surface area contributed by atoms with E-state index in [1.54, 1.807) is 0 Å². The van der Waals surface area contributed by atoms with Crippen LogP contribution in [0, 0.1) is 0 Å². The van der Waals surface area contributed by atoms with Gasteiger partial charge in [0.25, 0.3) is 0 Å². The highest BCUT2D eigenvalue weighted by molar-refractivity contribution is 7.64. The first-order valence-electron chi connectivity index (χ1n) is 9.74. The van der Waals surface area contributed by atoms with Crippen molar-refractivity contribution >= 4 is 39.2 Å². The third kappa shape index (κ3) is 23.0. The molecule has 1 nitrogen and oxygen atoms in total. The summed E-state index contributed by atoms with van der Waals surface area (Å²) < 4.78 is 0. The quantitative estimate of drug-likeness (QED) is 0.140. The lowest BCUT2D eigenvalue weighted by Crippen LogP contribution is -2.07. The molecule has 0 unspecified atom stereocenters. The van der Waals surface area contributed by atoms with Crippen LogP contribution in [-0.4, -0.2) is 17.7 Å². The number of aliphatic hydroxyl groups is 1. The Morgan fingerprint density at radius 2 is 0.696 bits per heavy atom. The average Bonchev–Trinajstić information content (AvgIpc) is 2.49. The summed E-state index contributed by atoms with van der Waals surface area (Å²) in [4.78, 5) is 0. The molecule has 0 rings (SSSR count). The molecule has 140 valence electrons. The number of hydrogen-bond acceptors (Lipinski definition) is 1. The molecule has 0 aliphatic rings. The Kier molecular flexibility index (Phi) is 18.7. The Labute approximate surface area is 159 Å². The minimum absolute atomic E-state index is 0.358. The molecular weight excluding hydrogens is 367 g/mol. The zero-order valence-corrected chi connectivity index (χ0v) is 18.1. The predicted molar refractivity (Wildman–Crippen MR) is 109 cm³/mol. The molecule has 0 aromatic carbocycles.